The third-order valence-corrected chi connectivity index (χ3v) is 4.42. The quantitative estimate of drug-likeness (QED) is 0.874. The van der Waals surface area contributed by atoms with Crippen LogP contribution in [0, 0.1) is 0 Å². The van der Waals surface area contributed by atoms with Gasteiger partial charge in [0.15, 0.2) is 0 Å². The van der Waals surface area contributed by atoms with Crippen molar-refractivity contribution in [3.8, 4) is 0 Å². The molecule has 1 N–H and O–H groups in total. The predicted molar refractivity (Wildman–Crippen MR) is 66.1 cm³/mol. The largest absolute Gasteiger partial charge is 0.389 e. The maximum Gasteiger partial charge on any atom is 0.206 e. The fraction of sp³-hybridized carbons (Fsp3) is 0.231. The molecule has 0 saturated carbocycles. The molecule has 0 aromatic heterocycles. The fourth-order valence-corrected chi connectivity index (χ4v) is 3.11. The Morgan fingerprint density at radius 3 is 2.59 bits per heavy atom. The minimum atomic E-state index is -3.50. The molecule has 0 fully saturated rings. The first-order valence-electron chi connectivity index (χ1n) is 5.47. The number of hydrogen-bond acceptors (Lipinski definition) is 3. The lowest BCUT2D eigenvalue weighted by Crippen LogP contribution is -2.07. The number of benzene rings is 1. The average Bonchev–Trinajstić information content (AvgIpc) is 2.55. The molecular formula is C13H14O3S. The lowest BCUT2D eigenvalue weighted by molar-refractivity contribution is 0.214. The van der Waals surface area contributed by atoms with Crippen molar-refractivity contribution < 1.29 is 13.5 Å². The highest BCUT2D eigenvalue weighted by Crippen LogP contribution is 2.23. The Balaban J connectivity index is 2.45. The summed E-state index contributed by atoms with van der Waals surface area (Å²) in [4.78, 5) is 0.429. The normalized spacial score (nSPS) is 20.8. The van der Waals surface area contributed by atoms with Crippen LogP contribution in [0.5, 0.6) is 0 Å². The van der Waals surface area contributed by atoms with Crippen LogP contribution in [0.15, 0.2) is 58.4 Å². The molecule has 0 radical (unpaired) electrons. The average molecular weight is 250 g/mol. The van der Waals surface area contributed by atoms with Crippen molar-refractivity contribution in [3.63, 3.8) is 0 Å². The van der Waals surface area contributed by atoms with Crippen molar-refractivity contribution in [2.45, 2.75) is 23.8 Å². The van der Waals surface area contributed by atoms with Gasteiger partial charge in [0, 0.05) is 0 Å². The fourth-order valence-electron chi connectivity index (χ4n) is 1.71. The van der Waals surface area contributed by atoms with E-state index >= 15 is 0 Å². The van der Waals surface area contributed by atoms with Crippen molar-refractivity contribution in [1.29, 1.82) is 0 Å². The van der Waals surface area contributed by atoms with Gasteiger partial charge in [0.2, 0.25) is 9.84 Å². The summed E-state index contributed by atoms with van der Waals surface area (Å²) in [6.07, 6.45) is 5.31. The van der Waals surface area contributed by atoms with Gasteiger partial charge in [-0.1, -0.05) is 24.3 Å². The maximum absolute atomic E-state index is 12.3. The van der Waals surface area contributed by atoms with E-state index in [9.17, 15) is 13.5 Å². The van der Waals surface area contributed by atoms with Crippen LogP contribution in [-0.4, -0.2) is 19.6 Å². The zero-order valence-corrected chi connectivity index (χ0v) is 10.1. The molecule has 1 atom stereocenters. The summed E-state index contributed by atoms with van der Waals surface area (Å²) >= 11 is 0. The monoisotopic (exact) mass is 250 g/mol. The third kappa shape index (κ3) is 2.65. The molecule has 1 aromatic rings. The van der Waals surface area contributed by atoms with Crippen LogP contribution in [0.3, 0.4) is 0 Å². The summed E-state index contributed by atoms with van der Waals surface area (Å²) in [5.41, 5.74) is 0. The molecule has 3 nitrogen and oxygen atoms in total. The lowest BCUT2D eigenvalue weighted by Gasteiger charge is -2.06. The van der Waals surface area contributed by atoms with E-state index in [4.69, 9.17) is 0 Å². The molecule has 1 aromatic carbocycles. The summed E-state index contributed by atoms with van der Waals surface area (Å²) in [6, 6.07) is 8.25. The summed E-state index contributed by atoms with van der Waals surface area (Å²) < 4.78 is 24.5. The van der Waals surface area contributed by atoms with Crippen LogP contribution in [0.2, 0.25) is 0 Å². The Morgan fingerprint density at radius 1 is 1.18 bits per heavy atom. The van der Waals surface area contributed by atoms with Gasteiger partial charge in [0.05, 0.1) is 15.9 Å². The molecule has 90 valence electrons. The van der Waals surface area contributed by atoms with E-state index in [0.29, 0.717) is 12.8 Å². The van der Waals surface area contributed by atoms with E-state index in [0.717, 1.165) is 0 Å². The zero-order chi connectivity index (χ0) is 12.3. The van der Waals surface area contributed by atoms with Crippen LogP contribution in [0.1, 0.15) is 12.8 Å². The van der Waals surface area contributed by atoms with Gasteiger partial charge in [0.1, 0.15) is 0 Å². The highest BCUT2D eigenvalue weighted by atomic mass is 32.2. The molecule has 2 rings (SSSR count). The Bertz CT molecular complexity index is 541. The minimum Gasteiger partial charge on any atom is -0.389 e. The molecule has 0 bridgehead atoms. The van der Waals surface area contributed by atoms with E-state index < -0.39 is 15.9 Å². The maximum atomic E-state index is 12.3. The van der Waals surface area contributed by atoms with E-state index in [1.54, 1.807) is 42.5 Å². The standard InChI is InChI=1S/C13H14O3S/c14-11-6-4-5-9-13(10-11)17(15,16)12-7-2-1-3-8-12/h1-3,5,7-11,14H,4,6H2/t11-/m1/s1. The van der Waals surface area contributed by atoms with Crippen molar-refractivity contribution in [2.75, 3.05) is 0 Å². The molecule has 0 amide bonds. The van der Waals surface area contributed by atoms with Gasteiger partial charge in [-0.05, 0) is 37.1 Å². The second-order valence-electron chi connectivity index (χ2n) is 3.93. The molecule has 0 aliphatic heterocycles. The van der Waals surface area contributed by atoms with Crippen LogP contribution < -0.4 is 0 Å². The van der Waals surface area contributed by atoms with E-state index in [2.05, 4.69) is 0 Å². The second kappa shape index (κ2) is 4.85. The van der Waals surface area contributed by atoms with E-state index in [1.807, 2.05) is 0 Å². The number of aliphatic hydroxyl groups is 1. The SMILES string of the molecule is O=S(=O)(C1=C[C@H](O)CCC=C1)c1ccccc1. The molecule has 17 heavy (non-hydrogen) atoms. The highest BCUT2D eigenvalue weighted by Gasteiger charge is 2.20. The molecule has 1 aliphatic rings. The summed E-state index contributed by atoms with van der Waals surface area (Å²) in [6.45, 7) is 0. The first-order valence-corrected chi connectivity index (χ1v) is 6.95. The number of rotatable bonds is 2. The van der Waals surface area contributed by atoms with Crippen LogP contribution >= 0.6 is 0 Å². The van der Waals surface area contributed by atoms with Gasteiger partial charge in [-0.2, -0.15) is 0 Å². The Labute approximate surface area is 101 Å². The van der Waals surface area contributed by atoms with E-state index in [1.165, 1.54) is 6.08 Å². The topological polar surface area (TPSA) is 54.4 Å². The van der Waals surface area contributed by atoms with Crippen molar-refractivity contribution in [2.24, 2.45) is 0 Å². The van der Waals surface area contributed by atoms with Crippen molar-refractivity contribution >= 4 is 9.84 Å². The zero-order valence-electron chi connectivity index (χ0n) is 9.28. The molecule has 0 saturated heterocycles. The van der Waals surface area contributed by atoms with Crippen LogP contribution in [0.25, 0.3) is 0 Å². The van der Waals surface area contributed by atoms with Gasteiger partial charge in [-0.3, -0.25) is 0 Å². The van der Waals surface area contributed by atoms with Crippen LogP contribution in [-0.2, 0) is 9.84 Å². The summed E-state index contributed by atoms with van der Waals surface area (Å²) in [5.74, 6) is 0. The molecule has 4 heteroatoms. The van der Waals surface area contributed by atoms with Crippen molar-refractivity contribution in [3.05, 3.63) is 53.5 Å². The van der Waals surface area contributed by atoms with Gasteiger partial charge in [-0.25, -0.2) is 8.42 Å². The lowest BCUT2D eigenvalue weighted by atomic mass is 10.2. The Hall–Kier alpha value is -1.39. The molecule has 1 aliphatic carbocycles. The molecular weight excluding hydrogens is 236 g/mol. The van der Waals surface area contributed by atoms with E-state index in [-0.39, 0.29) is 9.80 Å². The minimum absolute atomic E-state index is 0.175. The number of sulfone groups is 1. The van der Waals surface area contributed by atoms with Crippen LogP contribution in [0.4, 0.5) is 0 Å². The number of aliphatic hydroxyl groups excluding tert-OH is 1. The summed E-state index contributed by atoms with van der Waals surface area (Å²) in [5, 5.41) is 9.59. The first kappa shape index (κ1) is 12.1. The van der Waals surface area contributed by atoms with Gasteiger partial charge < -0.3 is 5.11 Å². The molecule has 0 spiro atoms. The second-order valence-corrected chi connectivity index (χ2v) is 5.88. The van der Waals surface area contributed by atoms with Gasteiger partial charge >= 0.3 is 0 Å². The Kier molecular flexibility index (Phi) is 3.45. The molecule has 0 heterocycles. The first-order chi connectivity index (χ1) is 8.10. The molecule has 0 unspecified atom stereocenters. The number of hydrogen-bond donors (Lipinski definition) is 1. The number of allylic oxidation sites excluding steroid dienone is 2. The Morgan fingerprint density at radius 2 is 1.88 bits per heavy atom. The third-order valence-electron chi connectivity index (χ3n) is 2.63. The summed E-state index contributed by atoms with van der Waals surface area (Å²) in [7, 11) is -3.50. The van der Waals surface area contributed by atoms with Gasteiger partial charge in [0.25, 0.3) is 0 Å². The van der Waals surface area contributed by atoms with Gasteiger partial charge in [-0.15, -0.1) is 0 Å². The smallest absolute Gasteiger partial charge is 0.206 e. The van der Waals surface area contributed by atoms with Crippen molar-refractivity contribution in [1.82, 2.24) is 0 Å². The highest BCUT2D eigenvalue weighted by molar-refractivity contribution is 7.95. The predicted octanol–water partition coefficient (Wildman–Crippen LogP) is 2.06.